The number of anilines is 2. The lowest BCUT2D eigenvalue weighted by molar-refractivity contribution is 0.0334. The van der Waals surface area contributed by atoms with E-state index in [2.05, 4.69) is 26.4 Å². The van der Waals surface area contributed by atoms with E-state index in [1.165, 1.54) is 6.33 Å². The molecule has 0 saturated carbocycles. The number of fused-ring (bicyclic) bond motifs is 1. The Labute approximate surface area is 192 Å². The maximum atomic E-state index is 12.2. The van der Waals surface area contributed by atoms with E-state index in [1.807, 2.05) is 37.4 Å². The molecule has 1 aromatic carbocycles. The molecule has 1 amide bonds. The number of carbonyl (C=O) groups is 1. The molecule has 4 rings (SSSR count). The zero-order chi connectivity index (χ0) is 23.6. The van der Waals surface area contributed by atoms with Crippen LogP contribution in [0, 0.1) is 0 Å². The number of carbonyl (C=O) groups excluding carboxylic acids is 1. The molecule has 0 radical (unpaired) electrons. The van der Waals surface area contributed by atoms with Crippen LogP contribution in [-0.2, 0) is 16.0 Å². The number of nitrogens with two attached hydrogens (primary N) is 1. The molecule has 0 atom stereocenters. The first kappa shape index (κ1) is 22.8. The van der Waals surface area contributed by atoms with Crippen molar-refractivity contribution in [3.8, 4) is 16.9 Å². The maximum Gasteiger partial charge on any atom is 0.412 e. The summed E-state index contributed by atoms with van der Waals surface area (Å²) in [6.07, 6.45) is 0.914. The molecule has 33 heavy (non-hydrogen) atoms. The quantitative estimate of drug-likeness (QED) is 0.604. The summed E-state index contributed by atoms with van der Waals surface area (Å²) in [6, 6.07) is 7.61. The Hall–Kier alpha value is -3.37. The van der Waals surface area contributed by atoms with Crippen LogP contribution in [0.3, 0.4) is 0 Å². The number of rotatable bonds is 5. The minimum absolute atomic E-state index is 0.392. The van der Waals surface area contributed by atoms with Gasteiger partial charge in [0.25, 0.3) is 0 Å². The third-order valence-electron chi connectivity index (χ3n) is 5.29. The molecule has 176 valence electrons. The Morgan fingerprint density at radius 1 is 1.24 bits per heavy atom. The molecule has 1 aliphatic rings. The zero-order valence-electron chi connectivity index (χ0n) is 19.4. The van der Waals surface area contributed by atoms with Gasteiger partial charge in [0.05, 0.1) is 31.7 Å². The number of morpholine rings is 1. The van der Waals surface area contributed by atoms with E-state index in [0.29, 0.717) is 17.3 Å². The van der Waals surface area contributed by atoms with Crippen LogP contribution in [-0.4, -0.2) is 64.6 Å². The fourth-order valence-corrected chi connectivity index (χ4v) is 3.83. The summed E-state index contributed by atoms with van der Waals surface area (Å²) in [7, 11) is 1.55. The third kappa shape index (κ3) is 5.18. The van der Waals surface area contributed by atoms with Crippen LogP contribution in [0.15, 0.2) is 30.6 Å². The van der Waals surface area contributed by atoms with Crippen molar-refractivity contribution >= 4 is 23.1 Å². The van der Waals surface area contributed by atoms with Crippen LogP contribution in [0.25, 0.3) is 16.6 Å². The minimum atomic E-state index is -0.600. The smallest absolute Gasteiger partial charge is 0.412 e. The maximum absolute atomic E-state index is 12.2. The van der Waals surface area contributed by atoms with Crippen LogP contribution < -0.4 is 15.8 Å². The van der Waals surface area contributed by atoms with Crippen LogP contribution in [0.4, 0.5) is 16.3 Å². The highest BCUT2D eigenvalue weighted by Crippen LogP contribution is 2.36. The fraction of sp³-hybridized carbons (Fsp3) is 0.435. The van der Waals surface area contributed by atoms with Crippen molar-refractivity contribution in [2.75, 3.05) is 44.5 Å². The lowest BCUT2D eigenvalue weighted by Gasteiger charge is -2.26. The molecule has 1 fully saturated rings. The highest BCUT2D eigenvalue weighted by molar-refractivity contribution is 5.92. The summed E-state index contributed by atoms with van der Waals surface area (Å²) in [5.41, 5.74) is 9.66. The molecule has 3 heterocycles. The zero-order valence-corrected chi connectivity index (χ0v) is 19.4. The monoisotopic (exact) mass is 454 g/mol. The molecule has 0 spiro atoms. The Bertz CT molecular complexity index is 1150. The van der Waals surface area contributed by atoms with Gasteiger partial charge < -0.3 is 19.9 Å². The van der Waals surface area contributed by atoms with Crippen molar-refractivity contribution in [3.63, 3.8) is 0 Å². The van der Waals surface area contributed by atoms with Gasteiger partial charge in [0.1, 0.15) is 23.2 Å². The van der Waals surface area contributed by atoms with E-state index in [-0.39, 0.29) is 0 Å². The van der Waals surface area contributed by atoms with Gasteiger partial charge in [0, 0.05) is 25.2 Å². The van der Waals surface area contributed by atoms with E-state index in [4.69, 9.17) is 19.9 Å². The number of nitrogens with zero attached hydrogens (tertiary/aromatic N) is 4. The van der Waals surface area contributed by atoms with Crippen molar-refractivity contribution in [3.05, 3.63) is 36.3 Å². The predicted molar refractivity (Wildman–Crippen MR) is 125 cm³/mol. The number of nitrogens with one attached hydrogen (secondary N) is 1. The van der Waals surface area contributed by atoms with Gasteiger partial charge in [-0.2, -0.15) is 5.10 Å². The van der Waals surface area contributed by atoms with Crippen molar-refractivity contribution in [1.29, 1.82) is 0 Å². The summed E-state index contributed by atoms with van der Waals surface area (Å²) in [6.45, 7) is 9.32. The van der Waals surface area contributed by atoms with Gasteiger partial charge in [-0.05, 0) is 44.5 Å². The van der Waals surface area contributed by atoms with Crippen molar-refractivity contribution in [2.24, 2.45) is 0 Å². The van der Waals surface area contributed by atoms with E-state index in [9.17, 15) is 4.79 Å². The highest BCUT2D eigenvalue weighted by atomic mass is 16.6. The number of methoxy groups -OCH3 is 1. The van der Waals surface area contributed by atoms with Crippen LogP contribution in [0.5, 0.6) is 5.75 Å². The number of nitrogen functional groups attached to an aromatic ring is 1. The SMILES string of the molecule is COc1cc(-c2cc(CN3CCOCC3)n3ncnc(N)c23)ccc1NC(=O)OC(C)(C)C. The first-order chi connectivity index (χ1) is 15.7. The van der Waals surface area contributed by atoms with Crippen LogP contribution in [0.1, 0.15) is 26.5 Å². The number of aromatic nitrogens is 3. The van der Waals surface area contributed by atoms with E-state index in [1.54, 1.807) is 13.2 Å². The second kappa shape index (κ2) is 9.24. The van der Waals surface area contributed by atoms with Crippen molar-refractivity contribution in [1.82, 2.24) is 19.5 Å². The van der Waals surface area contributed by atoms with E-state index < -0.39 is 11.7 Å². The molecule has 1 aliphatic heterocycles. The normalized spacial score (nSPS) is 14.9. The standard InChI is InChI=1S/C23H30N6O4/c1-23(2,3)33-22(30)27-18-6-5-15(11-19(18)31-4)17-12-16(13-28-7-9-32-10-8-28)29-20(17)21(24)25-14-26-29/h5-6,11-12,14H,7-10,13H2,1-4H3,(H,27,30)(H2,24,25,26). The Morgan fingerprint density at radius 3 is 2.70 bits per heavy atom. The molecule has 10 heteroatoms. The molecular formula is C23H30N6O4. The molecule has 3 aromatic rings. The lowest BCUT2D eigenvalue weighted by atomic mass is 10.1. The molecule has 2 aromatic heterocycles. The number of hydrogen-bond acceptors (Lipinski definition) is 8. The molecule has 10 nitrogen and oxygen atoms in total. The summed E-state index contributed by atoms with van der Waals surface area (Å²) in [5, 5.41) is 7.20. The Morgan fingerprint density at radius 2 is 2.00 bits per heavy atom. The third-order valence-corrected chi connectivity index (χ3v) is 5.29. The van der Waals surface area contributed by atoms with Gasteiger partial charge in [-0.25, -0.2) is 14.3 Å². The average molecular weight is 455 g/mol. The lowest BCUT2D eigenvalue weighted by Crippen LogP contribution is -2.36. The van der Waals surface area contributed by atoms with Gasteiger partial charge in [-0.3, -0.25) is 10.2 Å². The summed E-state index contributed by atoms with van der Waals surface area (Å²) in [4.78, 5) is 18.7. The summed E-state index contributed by atoms with van der Waals surface area (Å²) >= 11 is 0. The Kier molecular flexibility index (Phi) is 6.39. The molecule has 0 bridgehead atoms. The van der Waals surface area contributed by atoms with Crippen LogP contribution in [0.2, 0.25) is 0 Å². The molecule has 1 saturated heterocycles. The van der Waals surface area contributed by atoms with E-state index in [0.717, 1.165) is 55.2 Å². The van der Waals surface area contributed by atoms with Gasteiger partial charge in [0.2, 0.25) is 0 Å². The first-order valence-electron chi connectivity index (χ1n) is 10.8. The molecule has 3 N–H and O–H groups in total. The second-order valence-corrected chi connectivity index (χ2v) is 8.89. The van der Waals surface area contributed by atoms with Crippen molar-refractivity contribution < 1.29 is 19.0 Å². The van der Waals surface area contributed by atoms with E-state index >= 15 is 0 Å². The molecular weight excluding hydrogens is 424 g/mol. The largest absolute Gasteiger partial charge is 0.495 e. The number of amides is 1. The Balaban J connectivity index is 1.68. The number of benzene rings is 1. The molecule has 0 unspecified atom stereocenters. The first-order valence-corrected chi connectivity index (χ1v) is 10.8. The van der Waals surface area contributed by atoms with Gasteiger partial charge in [-0.1, -0.05) is 6.07 Å². The second-order valence-electron chi connectivity index (χ2n) is 8.89. The topological polar surface area (TPSA) is 116 Å². The predicted octanol–water partition coefficient (Wildman–Crippen LogP) is 3.17. The minimum Gasteiger partial charge on any atom is -0.495 e. The van der Waals surface area contributed by atoms with Gasteiger partial charge >= 0.3 is 6.09 Å². The highest BCUT2D eigenvalue weighted by Gasteiger charge is 2.21. The fourth-order valence-electron chi connectivity index (χ4n) is 3.83. The average Bonchev–Trinajstić information content (AvgIpc) is 3.13. The van der Waals surface area contributed by atoms with Crippen molar-refractivity contribution in [2.45, 2.75) is 32.9 Å². The number of ether oxygens (including phenoxy) is 3. The van der Waals surface area contributed by atoms with Gasteiger partial charge in [-0.15, -0.1) is 0 Å². The molecule has 0 aliphatic carbocycles. The summed E-state index contributed by atoms with van der Waals surface area (Å²) < 4.78 is 18.2. The van der Waals surface area contributed by atoms with Gasteiger partial charge in [0.15, 0.2) is 5.82 Å². The number of hydrogen-bond donors (Lipinski definition) is 2. The van der Waals surface area contributed by atoms with Crippen LogP contribution >= 0.6 is 0 Å². The summed E-state index contributed by atoms with van der Waals surface area (Å²) in [5.74, 6) is 0.894.